The summed E-state index contributed by atoms with van der Waals surface area (Å²) < 4.78 is 12.7. The van der Waals surface area contributed by atoms with Gasteiger partial charge in [0.2, 0.25) is 0 Å². The van der Waals surface area contributed by atoms with Crippen molar-refractivity contribution >= 4 is 28.8 Å². The second kappa shape index (κ2) is 7.74. The number of ether oxygens (including phenoxy) is 1. The highest BCUT2D eigenvalue weighted by molar-refractivity contribution is 7.09. The Labute approximate surface area is 166 Å². The predicted molar refractivity (Wildman–Crippen MR) is 107 cm³/mol. The molecule has 7 heteroatoms. The lowest BCUT2D eigenvalue weighted by molar-refractivity contribution is 0.0995. The van der Waals surface area contributed by atoms with Crippen molar-refractivity contribution in [2.75, 3.05) is 7.11 Å². The summed E-state index contributed by atoms with van der Waals surface area (Å²) in [4.78, 5) is 18.9. The normalized spacial score (nSPS) is 12.4. The van der Waals surface area contributed by atoms with E-state index in [1.54, 1.807) is 24.5 Å². The first-order chi connectivity index (χ1) is 12.8. The lowest BCUT2D eigenvalue weighted by Crippen LogP contribution is -2.17. The van der Waals surface area contributed by atoms with E-state index in [4.69, 9.17) is 20.8 Å². The Morgan fingerprint density at radius 3 is 2.74 bits per heavy atom. The van der Waals surface area contributed by atoms with Crippen LogP contribution in [0.2, 0.25) is 5.02 Å². The van der Waals surface area contributed by atoms with E-state index in [0.717, 1.165) is 10.6 Å². The van der Waals surface area contributed by atoms with Gasteiger partial charge in [0, 0.05) is 16.1 Å². The molecule has 0 N–H and O–H groups in total. The van der Waals surface area contributed by atoms with E-state index in [9.17, 15) is 4.79 Å². The molecule has 0 bridgehead atoms. The summed E-state index contributed by atoms with van der Waals surface area (Å²) in [6.07, 6.45) is 3.65. The molecular weight excluding hydrogens is 384 g/mol. The van der Waals surface area contributed by atoms with Crippen molar-refractivity contribution in [3.8, 4) is 5.75 Å². The average molecular weight is 405 g/mol. The Hall–Kier alpha value is -2.31. The van der Waals surface area contributed by atoms with Crippen molar-refractivity contribution in [3.63, 3.8) is 0 Å². The van der Waals surface area contributed by atoms with Gasteiger partial charge >= 0.3 is 0 Å². The zero-order valence-corrected chi connectivity index (χ0v) is 17.2. The largest absolute Gasteiger partial charge is 0.496 e. The zero-order chi connectivity index (χ0) is 19.6. The van der Waals surface area contributed by atoms with Gasteiger partial charge in [0.25, 0.3) is 5.91 Å². The number of aromatic nitrogens is 1. The fourth-order valence-electron chi connectivity index (χ4n) is 2.49. The van der Waals surface area contributed by atoms with Crippen LogP contribution in [-0.4, -0.2) is 17.6 Å². The van der Waals surface area contributed by atoms with Gasteiger partial charge < -0.3 is 13.7 Å². The smallest absolute Gasteiger partial charge is 0.283 e. The first-order valence-corrected chi connectivity index (χ1v) is 9.63. The first-order valence-electron chi connectivity index (χ1n) is 8.43. The van der Waals surface area contributed by atoms with Gasteiger partial charge in [-0.3, -0.25) is 4.79 Å². The molecule has 0 saturated carbocycles. The van der Waals surface area contributed by atoms with Crippen molar-refractivity contribution in [2.45, 2.75) is 32.7 Å². The van der Waals surface area contributed by atoms with Crippen LogP contribution in [0.15, 0.2) is 52.2 Å². The lowest BCUT2D eigenvalue weighted by atomic mass is 9.95. The molecule has 0 aliphatic rings. The highest BCUT2D eigenvalue weighted by Crippen LogP contribution is 2.26. The molecule has 0 atom stereocenters. The molecule has 0 aliphatic carbocycles. The predicted octanol–water partition coefficient (Wildman–Crippen LogP) is 4.89. The van der Waals surface area contributed by atoms with E-state index >= 15 is 0 Å². The quantitative estimate of drug-likeness (QED) is 0.622. The van der Waals surface area contributed by atoms with Crippen LogP contribution in [-0.2, 0) is 12.0 Å². The number of amides is 1. The van der Waals surface area contributed by atoms with Crippen LogP contribution in [0.3, 0.4) is 0 Å². The van der Waals surface area contributed by atoms with Crippen molar-refractivity contribution in [3.05, 3.63) is 68.8 Å². The third kappa shape index (κ3) is 4.51. The van der Waals surface area contributed by atoms with Crippen LogP contribution < -0.4 is 9.54 Å². The Kier molecular flexibility index (Phi) is 5.58. The maximum atomic E-state index is 12.8. The molecule has 5 nitrogen and oxygen atoms in total. The van der Waals surface area contributed by atoms with Crippen LogP contribution in [0.25, 0.3) is 0 Å². The van der Waals surface area contributed by atoms with Gasteiger partial charge in [-0.05, 0) is 35.7 Å². The van der Waals surface area contributed by atoms with E-state index < -0.39 is 5.91 Å². The highest BCUT2D eigenvalue weighted by Gasteiger charge is 2.19. The molecule has 3 rings (SSSR count). The molecule has 1 amide bonds. The molecule has 1 aromatic carbocycles. The fraction of sp³-hybridized carbons (Fsp3) is 0.300. The van der Waals surface area contributed by atoms with Crippen molar-refractivity contribution in [2.24, 2.45) is 4.99 Å². The van der Waals surface area contributed by atoms with Gasteiger partial charge in [-0.15, -0.1) is 11.3 Å². The van der Waals surface area contributed by atoms with E-state index in [1.165, 1.54) is 18.4 Å². The number of furan rings is 1. The molecule has 2 aromatic heterocycles. The second-order valence-electron chi connectivity index (χ2n) is 7.10. The molecule has 0 spiro atoms. The van der Waals surface area contributed by atoms with Crippen molar-refractivity contribution < 1.29 is 13.9 Å². The van der Waals surface area contributed by atoms with Crippen LogP contribution in [0.4, 0.5) is 0 Å². The Morgan fingerprint density at radius 1 is 1.33 bits per heavy atom. The molecule has 2 heterocycles. The van der Waals surface area contributed by atoms with Gasteiger partial charge in [0.05, 0.1) is 25.5 Å². The maximum Gasteiger partial charge on any atom is 0.283 e. The van der Waals surface area contributed by atoms with Gasteiger partial charge in [-0.2, -0.15) is 4.99 Å². The van der Waals surface area contributed by atoms with E-state index in [2.05, 4.69) is 25.8 Å². The Balaban J connectivity index is 2.07. The summed E-state index contributed by atoms with van der Waals surface area (Å²) in [5.41, 5.74) is 0.278. The Bertz CT molecular complexity index is 1010. The molecule has 142 valence electrons. The molecule has 0 radical (unpaired) electrons. The van der Waals surface area contributed by atoms with E-state index in [0.29, 0.717) is 27.7 Å². The SMILES string of the molecule is COc1ccc(Cl)cc1C(=O)/N=c1\sc(C(C)(C)C)cn1Cc1ccco1. The van der Waals surface area contributed by atoms with Gasteiger partial charge in [-0.1, -0.05) is 32.4 Å². The van der Waals surface area contributed by atoms with Crippen molar-refractivity contribution in [1.29, 1.82) is 0 Å². The third-order valence-electron chi connectivity index (χ3n) is 3.95. The minimum atomic E-state index is -0.398. The summed E-state index contributed by atoms with van der Waals surface area (Å²) in [7, 11) is 1.51. The molecule has 27 heavy (non-hydrogen) atoms. The number of rotatable bonds is 4. The number of nitrogens with zero attached hydrogens (tertiary/aromatic N) is 2. The van der Waals surface area contributed by atoms with Gasteiger partial charge in [0.1, 0.15) is 11.5 Å². The van der Waals surface area contributed by atoms with Crippen molar-refractivity contribution in [1.82, 2.24) is 4.57 Å². The van der Waals surface area contributed by atoms with Gasteiger partial charge in [-0.25, -0.2) is 0 Å². The summed E-state index contributed by atoms with van der Waals surface area (Å²) in [6, 6.07) is 8.65. The third-order valence-corrected chi connectivity index (χ3v) is 5.64. The monoisotopic (exact) mass is 404 g/mol. The average Bonchev–Trinajstić information content (AvgIpc) is 3.25. The molecule has 0 fully saturated rings. The number of hydrogen-bond donors (Lipinski definition) is 0. The van der Waals surface area contributed by atoms with Crippen LogP contribution in [0.5, 0.6) is 5.75 Å². The van der Waals surface area contributed by atoms with Crippen LogP contribution in [0.1, 0.15) is 41.8 Å². The van der Waals surface area contributed by atoms with Crippen LogP contribution in [0, 0.1) is 0 Å². The second-order valence-corrected chi connectivity index (χ2v) is 8.54. The van der Waals surface area contributed by atoms with E-state index in [-0.39, 0.29) is 5.41 Å². The summed E-state index contributed by atoms with van der Waals surface area (Å²) >= 11 is 7.54. The summed E-state index contributed by atoms with van der Waals surface area (Å²) in [5.74, 6) is 0.839. The molecule has 0 unspecified atom stereocenters. The topological polar surface area (TPSA) is 56.7 Å². The summed E-state index contributed by atoms with van der Waals surface area (Å²) in [5, 5.41) is 0.458. The maximum absolute atomic E-state index is 12.8. The molecule has 0 saturated heterocycles. The number of thiazole rings is 1. The molecular formula is C20H21ClN2O3S. The number of hydrogen-bond acceptors (Lipinski definition) is 4. The number of halogens is 1. The lowest BCUT2D eigenvalue weighted by Gasteiger charge is -2.14. The van der Waals surface area contributed by atoms with Crippen LogP contribution >= 0.6 is 22.9 Å². The number of carbonyl (C=O) groups excluding carboxylic acids is 1. The molecule has 0 aliphatic heterocycles. The minimum Gasteiger partial charge on any atom is -0.496 e. The summed E-state index contributed by atoms with van der Waals surface area (Å²) in [6.45, 7) is 6.88. The zero-order valence-electron chi connectivity index (χ0n) is 15.7. The Morgan fingerprint density at radius 2 is 2.11 bits per heavy atom. The number of benzene rings is 1. The molecule has 3 aromatic rings. The number of methoxy groups -OCH3 is 1. The fourth-order valence-corrected chi connectivity index (χ4v) is 3.71. The minimum absolute atomic E-state index is 0.0554. The van der Waals surface area contributed by atoms with Gasteiger partial charge in [0.15, 0.2) is 4.80 Å². The number of carbonyl (C=O) groups is 1. The standard InChI is InChI=1S/C20H21ClN2O3S/c1-20(2,3)17-12-23(11-14-6-5-9-26-14)19(27-17)22-18(24)15-10-13(21)7-8-16(15)25-4/h5-10,12H,11H2,1-4H3/b22-19-. The first kappa shape index (κ1) is 19.5. The van der Waals surface area contributed by atoms with E-state index in [1.807, 2.05) is 22.9 Å². The highest BCUT2D eigenvalue weighted by atomic mass is 35.5.